The monoisotopic (exact) mass is 405 g/mol. The Labute approximate surface area is 176 Å². The highest BCUT2D eigenvalue weighted by Crippen LogP contribution is 2.39. The normalized spacial score (nSPS) is 15.4. The fourth-order valence-corrected chi connectivity index (χ4v) is 4.20. The molecule has 1 aliphatic heterocycles. The number of aryl methyl sites for hydroxylation is 1. The zero-order valence-corrected chi connectivity index (χ0v) is 17.2. The van der Waals surface area contributed by atoms with Crippen LogP contribution in [0.25, 0.3) is 0 Å². The van der Waals surface area contributed by atoms with Gasteiger partial charge in [-0.05, 0) is 35.7 Å². The number of fused-ring (bicyclic) bond motifs is 1. The molecule has 0 bridgehead atoms. The van der Waals surface area contributed by atoms with E-state index in [1.54, 1.807) is 6.20 Å². The Morgan fingerprint density at radius 1 is 1.20 bits per heavy atom. The molecule has 6 nitrogen and oxygen atoms in total. The number of nitrogens with zero attached hydrogens (tertiary/aromatic N) is 3. The number of carbonyl (C=O) groups is 1. The lowest BCUT2D eigenvalue weighted by atomic mass is 10.1. The molecule has 30 heavy (non-hydrogen) atoms. The van der Waals surface area contributed by atoms with Crippen molar-refractivity contribution in [2.45, 2.75) is 51.8 Å². The molecule has 0 radical (unpaired) electrons. The lowest BCUT2D eigenvalue weighted by molar-refractivity contribution is -0.138. The average molecular weight is 405 g/mol. The van der Waals surface area contributed by atoms with E-state index in [9.17, 15) is 15.0 Å². The van der Waals surface area contributed by atoms with Crippen molar-refractivity contribution >= 4 is 17.3 Å². The highest BCUT2D eigenvalue weighted by molar-refractivity contribution is 5.87. The van der Waals surface area contributed by atoms with Gasteiger partial charge in [0.25, 0.3) is 0 Å². The molecule has 0 aliphatic carbocycles. The first-order chi connectivity index (χ1) is 14.6. The van der Waals surface area contributed by atoms with Crippen molar-refractivity contribution in [2.24, 2.45) is 0 Å². The number of unbranched alkanes of at least 4 members (excludes halogenated alkanes) is 1. The molecule has 0 amide bonds. The van der Waals surface area contributed by atoms with E-state index in [1.807, 2.05) is 47.4 Å². The van der Waals surface area contributed by atoms with Gasteiger partial charge in [-0.3, -0.25) is 0 Å². The number of aliphatic hydroxyl groups is 1. The van der Waals surface area contributed by atoms with Crippen LogP contribution in [0.5, 0.6) is 0 Å². The Morgan fingerprint density at radius 2 is 2.00 bits per heavy atom. The quantitative estimate of drug-likeness (QED) is 0.594. The topological polar surface area (TPSA) is 78.6 Å². The van der Waals surface area contributed by atoms with Crippen LogP contribution in [0.3, 0.4) is 0 Å². The highest BCUT2D eigenvalue weighted by Gasteiger charge is 2.35. The van der Waals surface area contributed by atoms with E-state index >= 15 is 0 Å². The third-order valence-corrected chi connectivity index (χ3v) is 5.73. The second-order valence-corrected chi connectivity index (χ2v) is 7.74. The smallest absolute Gasteiger partial charge is 0.327 e. The first-order valence-electron chi connectivity index (χ1n) is 10.5. The van der Waals surface area contributed by atoms with Crippen molar-refractivity contribution in [3.05, 3.63) is 77.4 Å². The number of hydrogen-bond donors (Lipinski definition) is 2. The summed E-state index contributed by atoms with van der Waals surface area (Å²) < 4.78 is 2.08. The molecule has 1 atom stereocenters. The van der Waals surface area contributed by atoms with Gasteiger partial charge in [0.1, 0.15) is 11.9 Å². The van der Waals surface area contributed by atoms with Gasteiger partial charge in [0, 0.05) is 30.8 Å². The Hall–Kier alpha value is -3.12. The summed E-state index contributed by atoms with van der Waals surface area (Å²) in [6, 6.07) is 15.2. The van der Waals surface area contributed by atoms with Crippen LogP contribution in [-0.2, 0) is 30.8 Å². The molecule has 2 aromatic carbocycles. The SMILES string of the molecule is CCCCc1ncc(CO)n1Cc1ccc2c(c1)CC(C(=O)O)N2c1ccccc1. The summed E-state index contributed by atoms with van der Waals surface area (Å²) in [4.78, 5) is 18.3. The van der Waals surface area contributed by atoms with Crippen molar-refractivity contribution in [1.29, 1.82) is 0 Å². The van der Waals surface area contributed by atoms with Gasteiger partial charge in [-0.15, -0.1) is 0 Å². The number of aliphatic hydroxyl groups excluding tert-OH is 1. The van der Waals surface area contributed by atoms with Crippen LogP contribution in [0.1, 0.15) is 42.4 Å². The van der Waals surface area contributed by atoms with Crippen LogP contribution in [0, 0.1) is 0 Å². The van der Waals surface area contributed by atoms with Crippen LogP contribution in [0.2, 0.25) is 0 Å². The molecule has 6 heteroatoms. The zero-order chi connectivity index (χ0) is 21.1. The summed E-state index contributed by atoms with van der Waals surface area (Å²) in [6.07, 6.45) is 5.23. The van der Waals surface area contributed by atoms with Gasteiger partial charge in [0.05, 0.1) is 18.5 Å². The molecule has 0 saturated heterocycles. The summed E-state index contributed by atoms with van der Waals surface area (Å²) in [5.41, 5.74) is 4.74. The predicted molar refractivity (Wildman–Crippen MR) is 116 cm³/mol. The number of rotatable bonds is 8. The molecular formula is C24H27N3O3. The molecule has 2 heterocycles. The van der Waals surface area contributed by atoms with Crippen molar-refractivity contribution in [1.82, 2.24) is 9.55 Å². The van der Waals surface area contributed by atoms with Gasteiger partial charge in [-0.1, -0.05) is 43.7 Å². The second kappa shape index (κ2) is 8.71. The number of carboxylic acids is 1. The van der Waals surface area contributed by atoms with E-state index in [4.69, 9.17) is 0 Å². The molecule has 4 rings (SSSR count). The summed E-state index contributed by atoms with van der Waals surface area (Å²) in [6.45, 7) is 2.72. The van der Waals surface area contributed by atoms with Crippen LogP contribution < -0.4 is 4.90 Å². The van der Waals surface area contributed by atoms with Gasteiger partial charge < -0.3 is 19.7 Å². The van der Waals surface area contributed by atoms with Crippen LogP contribution >= 0.6 is 0 Å². The summed E-state index contributed by atoms with van der Waals surface area (Å²) in [5.74, 6) is 0.159. The minimum absolute atomic E-state index is 0.0487. The van der Waals surface area contributed by atoms with Gasteiger partial charge in [-0.2, -0.15) is 0 Å². The van der Waals surface area contributed by atoms with Crippen LogP contribution in [0.4, 0.5) is 11.4 Å². The molecule has 0 spiro atoms. The number of imidazole rings is 1. The number of carboxylic acid groups (broad SMARTS) is 1. The average Bonchev–Trinajstić information content (AvgIpc) is 3.33. The van der Waals surface area contributed by atoms with Gasteiger partial charge in [0.2, 0.25) is 0 Å². The minimum Gasteiger partial charge on any atom is -0.480 e. The summed E-state index contributed by atoms with van der Waals surface area (Å²) >= 11 is 0. The molecule has 1 unspecified atom stereocenters. The van der Waals surface area contributed by atoms with Crippen molar-refractivity contribution in [2.75, 3.05) is 4.90 Å². The van der Waals surface area contributed by atoms with E-state index in [2.05, 4.69) is 22.5 Å². The van der Waals surface area contributed by atoms with Gasteiger partial charge >= 0.3 is 5.97 Å². The van der Waals surface area contributed by atoms with E-state index < -0.39 is 12.0 Å². The maximum absolute atomic E-state index is 11.9. The Balaban J connectivity index is 1.65. The minimum atomic E-state index is -0.823. The van der Waals surface area contributed by atoms with Crippen LogP contribution in [-0.4, -0.2) is 31.8 Å². The third kappa shape index (κ3) is 3.83. The molecule has 3 aromatic rings. The highest BCUT2D eigenvalue weighted by atomic mass is 16.4. The largest absolute Gasteiger partial charge is 0.480 e. The Morgan fingerprint density at radius 3 is 2.70 bits per heavy atom. The molecule has 1 aromatic heterocycles. The molecule has 2 N–H and O–H groups in total. The summed E-state index contributed by atoms with van der Waals surface area (Å²) in [7, 11) is 0. The zero-order valence-electron chi connectivity index (χ0n) is 17.2. The number of aromatic nitrogens is 2. The van der Waals surface area contributed by atoms with Crippen LogP contribution in [0.15, 0.2) is 54.7 Å². The maximum Gasteiger partial charge on any atom is 0.327 e. The fraction of sp³-hybridized carbons (Fsp3) is 0.333. The summed E-state index contributed by atoms with van der Waals surface area (Å²) in [5, 5.41) is 19.5. The molecule has 1 aliphatic rings. The Bertz CT molecular complexity index is 1030. The fourth-order valence-electron chi connectivity index (χ4n) is 4.20. The third-order valence-electron chi connectivity index (χ3n) is 5.73. The Kier molecular flexibility index (Phi) is 5.86. The number of aliphatic carboxylic acids is 1. The first-order valence-corrected chi connectivity index (χ1v) is 10.5. The molecule has 156 valence electrons. The predicted octanol–water partition coefficient (Wildman–Crippen LogP) is 3.91. The lowest BCUT2D eigenvalue weighted by Crippen LogP contribution is -2.35. The lowest BCUT2D eigenvalue weighted by Gasteiger charge is -2.24. The molecule has 0 fully saturated rings. The number of anilines is 2. The standard InChI is InChI=1S/C24H27N3O3/c1-2-3-9-23-25-14-20(16-28)26(23)15-17-10-11-21-18(12-17)13-22(24(29)30)27(21)19-7-5-4-6-8-19/h4-8,10-12,14,22,28H,2-3,9,13,15-16H2,1H3,(H,29,30). The van der Waals surface area contributed by atoms with Gasteiger partial charge in [0.15, 0.2) is 0 Å². The second-order valence-electron chi connectivity index (χ2n) is 7.74. The first kappa shape index (κ1) is 20.2. The maximum atomic E-state index is 11.9. The molecule has 0 saturated carbocycles. The number of para-hydroxylation sites is 1. The van der Waals surface area contributed by atoms with Crippen molar-refractivity contribution < 1.29 is 15.0 Å². The van der Waals surface area contributed by atoms with Crippen molar-refractivity contribution in [3.8, 4) is 0 Å². The van der Waals surface area contributed by atoms with E-state index in [0.717, 1.165) is 53.3 Å². The van der Waals surface area contributed by atoms with E-state index in [-0.39, 0.29) is 6.61 Å². The van der Waals surface area contributed by atoms with Gasteiger partial charge in [-0.25, -0.2) is 9.78 Å². The molecular weight excluding hydrogens is 378 g/mol. The van der Waals surface area contributed by atoms with E-state index in [0.29, 0.717) is 13.0 Å². The number of hydrogen-bond acceptors (Lipinski definition) is 4. The van der Waals surface area contributed by atoms with E-state index in [1.165, 1.54) is 0 Å². The number of benzene rings is 2. The van der Waals surface area contributed by atoms with Crippen molar-refractivity contribution in [3.63, 3.8) is 0 Å².